The Labute approximate surface area is 137 Å². The molecule has 0 fully saturated rings. The van der Waals surface area contributed by atoms with Crippen molar-refractivity contribution in [3.05, 3.63) is 0 Å². The predicted molar refractivity (Wildman–Crippen MR) is 72.3 cm³/mol. The molecule has 0 aliphatic heterocycles. The quantitative estimate of drug-likeness (QED) is 0.139. The van der Waals surface area contributed by atoms with Crippen molar-refractivity contribution in [3.63, 3.8) is 0 Å². The maximum Gasteiger partial charge on any atom is 0.417 e. The number of rotatable bonds is 11. The molecule has 0 spiro atoms. The first-order chi connectivity index (χ1) is 11.5. The molecule has 0 aliphatic carbocycles. The fraction of sp³-hybridized carbons (Fsp3) is 0.615. The van der Waals surface area contributed by atoms with Crippen LogP contribution in [0.4, 0.5) is 0 Å². The molecular weight excluding hydrogens is 332 g/mol. The van der Waals surface area contributed by atoms with Crippen LogP contribution in [0.15, 0.2) is 0 Å². The van der Waals surface area contributed by atoms with Crippen molar-refractivity contribution in [2.75, 3.05) is 46.8 Å². The molecule has 0 unspecified atom stereocenters. The van der Waals surface area contributed by atoms with Gasteiger partial charge in [-0.25, -0.2) is 19.2 Å². The van der Waals surface area contributed by atoms with Gasteiger partial charge in [-0.3, -0.25) is 4.79 Å². The number of methoxy groups -OCH3 is 1. The fourth-order valence-electron chi connectivity index (χ4n) is 1.07. The third-order valence-corrected chi connectivity index (χ3v) is 2.11. The highest BCUT2D eigenvalue weighted by Crippen LogP contribution is 1.92. The Morgan fingerprint density at radius 2 is 1.08 bits per heavy atom. The minimum absolute atomic E-state index is 0.0599. The van der Waals surface area contributed by atoms with E-state index in [-0.39, 0.29) is 52.5 Å². The van der Waals surface area contributed by atoms with Crippen LogP contribution in [0.3, 0.4) is 0 Å². The maximum absolute atomic E-state index is 11.2. The minimum Gasteiger partial charge on any atom is -0.464 e. The summed E-state index contributed by atoms with van der Waals surface area (Å²) in [4.78, 5) is 54.3. The average molecular weight is 350 g/mol. The lowest BCUT2D eigenvalue weighted by Gasteiger charge is -2.06. The number of carbonyl (C=O) groups excluding carboxylic acids is 5. The van der Waals surface area contributed by atoms with Crippen LogP contribution in [0, 0.1) is 0 Å². The first-order valence-electron chi connectivity index (χ1n) is 6.74. The Morgan fingerprint density at radius 3 is 1.50 bits per heavy atom. The molecule has 11 nitrogen and oxygen atoms in total. The number of carbonyl (C=O) groups is 5. The average Bonchev–Trinajstić information content (AvgIpc) is 2.57. The zero-order valence-corrected chi connectivity index (χ0v) is 13.0. The van der Waals surface area contributed by atoms with Crippen LogP contribution in [-0.2, 0) is 52.4 Å². The lowest BCUT2D eigenvalue weighted by Crippen LogP contribution is -2.24. The number of hydrogen-bond donors (Lipinski definition) is 0. The van der Waals surface area contributed by atoms with E-state index in [0.29, 0.717) is 0 Å². The molecule has 11 heteroatoms. The second kappa shape index (κ2) is 13.9. The first-order valence-corrected chi connectivity index (χ1v) is 6.74. The fourth-order valence-corrected chi connectivity index (χ4v) is 1.07. The van der Waals surface area contributed by atoms with E-state index < -0.39 is 23.9 Å². The van der Waals surface area contributed by atoms with Gasteiger partial charge < -0.3 is 28.4 Å². The normalized spacial score (nSPS) is 9.54. The van der Waals surface area contributed by atoms with Crippen LogP contribution in [0.25, 0.3) is 0 Å². The molecule has 0 radical (unpaired) electrons. The van der Waals surface area contributed by atoms with E-state index in [0.717, 1.165) is 0 Å². The molecule has 0 N–H and O–H groups in total. The Hall–Kier alpha value is -2.69. The minimum atomic E-state index is -1.25. The molecular formula is C13H18O11. The lowest BCUT2D eigenvalue weighted by atomic mass is 10.5. The van der Waals surface area contributed by atoms with Crippen LogP contribution in [-0.4, -0.2) is 77.1 Å². The summed E-state index contributed by atoms with van der Waals surface area (Å²) in [6.45, 7) is -0.678. The first kappa shape index (κ1) is 21.3. The Kier molecular flexibility index (Phi) is 12.4. The molecule has 0 aromatic rings. The third kappa shape index (κ3) is 11.0. The van der Waals surface area contributed by atoms with E-state index in [9.17, 15) is 24.0 Å². The molecule has 0 saturated heterocycles. The summed E-state index contributed by atoms with van der Waals surface area (Å²) < 4.78 is 26.9. The summed E-state index contributed by atoms with van der Waals surface area (Å²) in [5.74, 6) is -4.84. The largest absolute Gasteiger partial charge is 0.464 e. The van der Waals surface area contributed by atoms with E-state index >= 15 is 0 Å². The topological polar surface area (TPSA) is 141 Å². The van der Waals surface area contributed by atoms with Crippen molar-refractivity contribution >= 4 is 30.3 Å². The van der Waals surface area contributed by atoms with E-state index in [2.05, 4.69) is 28.4 Å². The Balaban J connectivity index is 3.68. The molecule has 0 atom stereocenters. The number of hydrogen-bond acceptors (Lipinski definition) is 11. The molecule has 0 bridgehead atoms. The van der Waals surface area contributed by atoms with Gasteiger partial charge >= 0.3 is 23.9 Å². The van der Waals surface area contributed by atoms with Gasteiger partial charge in [0.1, 0.15) is 19.8 Å². The molecule has 0 aromatic carbocycles. The summed E-state index contributed by atoms with van der Waals surface area (Å²) in [5.41, 5.74) is 0. The smallest absolute Gasteiger partial charge is 0.417 e. The van der Waals surface area contributed by atoms with Gasteiger partial charge in [-0.1, -0.05) is 0 Å². The zero-order chi connectivity index (χ0) is 18.2. The van der Waals surface area contributed by atoms with Gasteiger partial charge in [0, 0.05) is 13.5 Å². The molecule has 136 valence electrons. The van der Waals surface area contributed by atoms with Crippen molar-refractivity contribution in [1.82, 2.24) is 0 Å². The number of esters is 4. The molecule has 0 amide bonds. The lowest BCUT2D eigenvalue weighted by molar-refractivity contribution is -0.170. The van der Waals surface area contributed by atoms with Gasteiger partial charge in [0.15, 0.2) is 0 Å². The van der Waals surface area contributed by atoms with Crippen molar-refractivity contribution < 1.29 is 52.4 Å². The summed E-state index contributed by atoms with van der Waals surface area (Å²) in [7, 11) is 1.40. The predicted octanol–water partition coefficient (Wildman–Crippen LogP) is -1.63. The van der Waals surface area contributed by atoms with Gasteiger partial charge in [0.05, 0.1) is 19.8 Å². The van der Waals surface area contributed by atoms with Crippen molar-refractivity contribution in [2.24, 2.45) is 0 Å². The molecule has 0 saturated carbocycles. The molecule has 24 heavy (non-hydrogen) atoms. The maximum atomic E-state index is 11.2. The number of ether oxygens (including phenoxy) is 6. The van der Waals surface area contributed by atoms with Gasteiger partial charge in [-0.2, -0.15) is 0 Å². The summed E-state index contributed by atoms with van der Waals surface area (Å²) in [5, 5.41) is 0. The van der Waals surface area contributed by atoms with Crippen molar-refractivity contribution in [2.45, 2.75) is 6.42 Å². The van der Waals surface area contributed by atoms with Crippen LogP contribution < -0.4 is 0 Å². The van der Waals surface area contributed by atoms with Crippen LogP contribution >= 0.6 is 0 Å². The van der Waals surface area contributed by atoms with Gasteiger partial charge in [0.25, 0.3) is 6.47 Å². The monoisotopic (exact) mass is 350 g/mol. The van der Waals surface area contributed by atoms with Gasteiger partial charge in [-0.05, 0) is 0 Å². The van der Waals surface area contributed by atoms with Crippen molar-refractivity contribution in [1.29, 1.82) is 0 Å². The molecule has 0 heterocycles. The molecule has 0 aliphatic rings. The third-order valence-electron chi connectivity index (χ3n) is 2.11. The summed E-state index contributed by atoms with van der Waals surface area (Å²) in [6, 6.07) is 0. The summed E-state index contributed by atoms with van der Waals surface area (Å²) >= 11 is 0. The SMILES string of the molecule is COCCOC(=O)C(=O)OCCCOC(=O)C(=O)OCCOC=O. The highest BCUT2D eigenvalue weighted by atomic mass is 16.6. The Morgan fingerprint density at radius 1 is 0.667 bits per heavy atom. The Bertz CT molecular complexity index is 432. The summed E-state index contributed by atoms with van der Waals surface area (Å²) in [6.07, 6.45) is 0.0599. The van der Waals surface area contributed by atoms with E-state index in [1.54, 1.807) is 0 Å². The van der Waals surface area contributed by atoms with Crippen LogP contribution in [0.2, 0.25) is 0 Å². The highest BCUT2D eigenvalue weighted by Gasteiger charge is 2.18. The van der Waals surface area contributed by atoms with Crippen LogP contribution in [0.1, 0.15) is 6.42 Å². The van der Waals surface area contributed by atoms with Gasteiger partial charge in [0.2, 0.25) is 0 Å². The van der Waals surface area contributed by atoms with E-state index in [1.165, 1.54) is 7.11 Å². The standard InChI is InChI=1S/C13H18O11/c1-19-5-7-23-12(17)10(15)21-3-2-4-22-11(16)13(18)24-8-6-20-9-14/h9H,2-8H2,1H3. The second-order valence-corrected chi connectivity index (χ2v) is 3.86. The molecule has 0 aromatic heterocycles. The van der Waals surface area contributed by atoms with Crippen molar-refractivity contribution in [3.8, 4) is 0 Å². The van der Waals surface area contributed by atoms with Gasteiger partial charge in [-0.15, -0.1) is 0 Å². The highest BCUT2D eigenvalue weighted by molar-refractivity contribution is 6.30. The second-order valence-electron chi connectivity index (χ2n) is 3.86. The zero-order valence-electron chi connectivity index (χ0n) is 13.0. The van der Waals surface area contributed by atoms with Crippen LogP contribution in [0.5, 0.6) is 0 Å². The van der Waals surface area contributed by atoms with E-state index in [4.69, 9.17) is 0 Å². The molecule has 0 rings (SSSR count). The van der Waals surface area contributed by atoms with E-state index in [1.807, 2.05) is 0 Å².